The van der Waals surface area contributed by atoms with Crippen LogP contribution < -0.4 is 0 Å². The van der Waals surface area contributed by atoms with E-state index in [1.807, 2.05) is 0 Å². The standard InChI is InChI=1S/C15H20/c1-5-6-7-8-9-15-11-10-12(2)13(3)14(15)4/h1,10-11H,6-9H2,2-4H3. The molecule has 80 valence electrons. The molecule has 0 atom stereocenters. The normalized spacial score (nSPS) is 10.0. The van der Waals surface area contributed by atoms with E-state index in [1.165, 1.54) is 28.7 Å². The Balaban J connectivity index is 2.63. The van der Waals surface area contributed by atoms with E-state index in [0.29, 0.717) is 0 Å². The number of hydrogen-bond acceptors (Lipinski definition) is 0. The van der Waals surface area contributed by atoms with Gasteiger partial charge in [-0.2, -0.15) is 0 Å². The van der Waals surface area contributed by atoms with Gasteiger partial charge in [-0.05, 0) is 62.3 Å². The molecule has 0 saturated heterocycles. The molecule has 0 heteroatoms. The number of benzene rings is 1. The summed E-state index contributed by atoms with van der Waals surface area (Å²) in [6.45, 7) is 6.60. The Hall–Kier alpha value is -1.22. The minimum Gasteiger partial charge on any atom is -0.120 e. The van der Waals surface area contributed by atoms with Crippen molar-refractivity contribution in [3.05, 3.63) is 34.4 Å². The molecular formula is C15H20. The van der Waals surface area contributed by atoms with Gasteiger partial charge in [0.25, 0.3) is 0 Å². The van der Waals surface area contributed by atoms with Crippen molar-refractivity contribution < 1.29 is 0 Å². The first kappa shape index (κ1) is 11.9. The lowest BCUT2D eigenvalue weighted by atomic mass is 9.95. The third-order valence-electron chi connectivity index (χ3n) is 3.19. The van der Waals surface area contributed by atoms with Crippen molar-refractivity contribution in [2.75, 3.05) is 0 Å². The number of rotatable bonds is 4. The maximum Gasteiger partial charge on any atom is 0.00861 e. The van der Waals surface area contributed by atoms with Crippen LogP contribution in [0, 0.1) is 33.1 Å². The van der Waals surface area contributed by atoms with E-state index in [2.05, 4.69) is 38.8 Å². The monoisotopic (exact) mass is 200 g/mol. The lowest BCUT2D eigenvalue weighted by molar-refractivity contribution is 0.753. The van der Waals surface area contributed by atoms with Crippen molar-refractivity contribution in [1.82, 2.24) is 0 Å². The van der Waals surface area contributed by atoms with Gasteiger partial charge in [-0.25, -0.2) is 0 Å². The van der Waals surface area contributed by atoms with Gasteiger partial charge in [-0.1, -0.05) is 12.1 Å². The van der Waals surface area contributed by atoms with Crippen LogP contribution in [0.2, 0.25) is 0 Å². The van der Waals surface area contributed by atoms with Gasteiger partial charge in [-0.3, -0.25) is 0 Å². The van der Waals surface area contributed by atoms with E-state index >= 15 is 0 Å². The number of hydrogen-bond donors (Lipinski definition) is 0. The number of unbranched alkanes of at least 4 members (excludes halogenated alkanes) is 2. The zero-order valence-corrected chi connectivity index (χ0v) is 10.1. The first-order chi connectivity index (χ1) is 7.16. The van der Waals surface area contributed by atoms with Crippen molar-refractivity contribution in [3.63, 3.8) is 0 Å². The highest BCUT2D eigenvalue weighted by atomic mass is 14.1. The molecule has 0 N–H and O–H groups in total. The Kier molecular flexibility index (Phi) is 4.43. The second kappa shape index (κ2) is 5.61. The molecule has 0 radical (unpaired) electrons. The fourth-order valence-corrected chi connectivity index (χ4v) is 1.83. The summed E-state index contributed by atoms with van der Waals surface area (Å²) in [5.74, 6) is 2.69. The van der Waals surface area contributed by atoms with E-state index in [-0.39, 0.29) is 0 Å². The van der Waals surface area contributed by atoms with Gasteiger partial charge in [0.2, 0.25) is 0 Å². The molecule has 1 rings (SSSR count). The summed E-state index contributed by atoms with van der Waals surface area (Å²) < 4.78 is 0. The molecule has 1 aromatic rings. The number of terminal acetylenes is 1. The van der Waals surface area contributed by atoms with Crippen molar-refractivity contribution in [3.8, 4) is 12.3 Å². The second-order valence-electron chi connectivity index (χ2n) is 4.20. The van der Waals surface area contributed by atoms with Gasteiger partial charge >= 0.3 is 0 Å². The molecule has 0 aliphatic carbocycles. The fourth-order valence-electron chi connectivity index (χ4n) is 1.83. The predicted octanol–water partition coefficient (Wildman–Crippen LogP) is 3.96. The van der Waals surface area contributed by atoms with E-state index in [9.17, 15) is 0 Å². The molecule has 0 aromatic heterocycles. The number of aryl methyl sites for hydroxylation is 2. The highest BCUT2D eigenvalue weighted by Crippen LogP contribution is 2.18. The average Bonchev–Trinajstić information content (AvgIpc) is 2.24. The third kappa shape index (κ3) is 3.13. The highest BCUT2D eigenvalue weighted by Gasteiger charge is 2.02. The Morgan fingerprint density at radius 2 is 1.80 bits per heavy atom. The Labute approximate surface area is 93.7 Å². The summed E-state index contributed by atoms with van der Waals surface area (Å²) in [5.41, 5.74) is 5.76. The summed E-state index contributed by atoms with van der Waals surface area (Å²) in [6.07, 6.45) is 9.64. The highest BCUT2D eigenvalue weighted by molar-refractivity contribution is 5.38. The van der Waals surface area contributed by atoms with Crippen LogP contribution in [0.15, 0.2) is 12.1 Å². The van der Waals surface area contributed by atoms with Gasteiger partial charge < -0.3 is 0 Å². The van der Waals surface area contributed by atoms with Crippen LogP contribution in [-0.2, 0) is 6.42 Å². The smallest absolute Gasteiger partial charge is 0.00861 e. The molecule has 0 unspecified atom stereocenters. The zero-order chi connectivity index (χ0) is 11.3. The van der Waals surface area contributed by atoms with E-state index in [4.69, 9.17) is 6.42 Å². The quantitative estimate of drug-likeness (QED) is 0.510. The summed E-state index contributed by atoms with van der Waals surface area (Å²) in [7, 11) is 0. The maximum atomic E-state index is 5.23. The molecule has 0 amide bonds. The van der Waals surface area contributed by atoms with Crippen molar-refractivity contribution in [2.24, 2.45) is 0 Å². The van der Waals surface area contributed by atoms with Gasteiger partial charge in [0.15, 0.2) is 0 Å². The zero-order valence-electron chi connectivity index (χ0n) is 10.1. The molecule has 0 bridgehead atoms. The molecule has 0 aliphatic heterocycles. The molecule has 0 aliphatic rings. The second-order valence-corrected chi connectivity index (χ2v) is 4.20. The fraction of sp³-hybridized carbons (Fsp3) is 0.467. The Morgan fingerprint density at radius 1 is 1.07 bits per heavy atom. The SMILES string of the molecule is C#CCCCCc1ccc(C)c(C)c1C. The predicted molar refractivity (Wildman–Crippen MR) is 67.0 cm³/mol. The molecule has 0 spiro atoms. The molecule has 0 nitrogen and oxygen atoms in total. The summed E-state index contributed by atoms with van der Waals surface area (Å²) >= 11 is 0. The van der Waals surface area contributed by atoms with Crippen LogP contribution in [0.25, 0.3) is 0 Å². The minimum atomic E-state index is 0.907. The largest absolute Gasteiger partial charge is 0.120 e. The van der Waals surface area contributed by atoms with Crippen LogP contribution in [0.3, 0.4) is 0 Å². The van der Waals surface area contributed by atoms with E-state index in [0.717, 1.165) is 19.3 Å². The third-order valence-corrected chi connectivity index (χ3v) is 3.19. The molecule has 15 heavy (non-hydrogen) atoms. The average molecular weight is 200 g/mol. The Morgan fingerprint density at radius 3 is 2.47 bits per heavy atom. The Bertz CT molecular complexity index is 366. The van der Waals surface area contributed by atoms with Gasteiger partial charge in [-0.15, -0.1) is 12.3 Å². The molecular weight excluding hydrogens is 180 g/mol. The first-order valence-corrected chi connectivity index (χ1v) is 5.66. The van der Waals surface area contributed by atoms with Crippen LogP contribution in [0.5, 0.6) is 0 Å². The lowest BCUT2D eigenvalue weighted by Gasteiger charge is -2.10. The van der Waals surface area contributed by atoms with Gasteiger partial charge in [0.1, 0.15) is 0 Å². The van der Waals surface area contributed by atoms with Gasteiger partial charge in [0, 0.05) is 6.42 Å². The van der Waals surface area contributed by atoms with Crippen LogP contribution in [0.1, 0.15) is 41.5 Å². The lowest BCUT2D eigenvalue weighted by Crippen LogP contribution is -1.95. The maximum absolute atomic E-state index is 5.23. The molecule has 1 aromatic carbocycles. The summed E-state index contributed by atoms with van der Waals surface area (Å²) in [6, 6.07) is 4.48. The van der Waals surface area contributed by atoms with Crippen LogP contribution in [-0.4, -0.2) is 0 Å². The van der Waals surface area contributed by atoms with Gasteiger partial charge in [0.05, 0.1) is 0 Å². The summed E-state index contributed by atoms with van der Waals surface area (Å²) in [5, 5.41) is 0. The van der Waals surface area contributed by atoms with E-state index < -0.39 is 0 Å². The van der Waals surface area contributed by atoms with Crippen LogP contribution >= 0.6 is 0 Å². The minimum absolute atomic E-state index is 0.907. The van der Waals surface area contributed by atoms with E-state index in [1.54, 1.807) is 0 Å². The molecule has 0 fully saturated rings. The first-order valence-electron chi connectivity index (χ1n) is 5.66. The van der Waals surface area contributed by atoms with Crippen LogP contribution in [0.4, 0.5) is 0 Å². The molecule has 0 heterocycles. The summed E-state index contributed by atoms with van der Waals surface area (Å²) in [4.78, 5) is 0. The molecule has 0 saturated carbocycles. The van der Waals surface area contributed by atoms with Crippen molar-refractivity contribution in [1.29, 1.82) is 0 Å². The topological polar surface area (TPSA) is 0 Å². The van der Waals surface area contributed by atoms with Crippen molar-refractivity contribution >= 4 is 0 Å². The van der Waals surface area contributed by atoms with Crippen molar-refractivity contribution in [2.45, 2.75) is 46.5 Å².